The maximum Gasteiger partial charge on any atom is 0.265 e. The van der Waals surface area contributed by atoms with Crippen molar-refractivity contribution in [2.75, 3.05) is 31.2 Å². The highest BCUT2D eigenvalue weighted by Crippen LogP contribution is 2.41. The molecule has 0 spiro atoms. The smallest absolute Gasteiger partial charge is 0.265 e. The van der Waals surface area contributed by atoms with Gasteiger partial charge in [-0.3, -0.25) is 9.48 Å². The number of ether oxygens (including phenoxy) is 1. The second-order valence-electron chi connectivity index (χ2n) is 9.00. The number of benzene rings is 1. The summed E-state index contributed by atoms with van der Waals surface area (Å²) < 4.78 is 35.2. The van der Waals surface area contributed by atoms with Crippen molar-refractivity contribution >= 4 is 17.4 Å². The Hall–Kier alpha value is -2.92. The Morgan fingerprint density at radius 2 is 2.03 bits per heavy atom. The van der Waals surface area contributed by atoms with Crippen molar-refractivity contribution in [2.45, 2.75) is 58.0 Å². The second-order valence-corrected chi connectivity index (χ2v) is 9.00. The summed E-state index contributed by atoms with van der Waals surface area (Å²) in [6, 6.07) is 3.52. The lowest BCUT2D eigenvalue weighted by molar-refractivity contribution is -0.129. The minimum atomic E-state index is -2.65. The van der Waals surface area contributed by atoms with Gasteiger partial charge in [0, 0.05) is 67.7 Å². The van der Waals surface area contributed by atoms with Crippen molar-refractivity contribution in [1.82, 2.24) is 14.7 Å². The van der Waals surface area contributed by atoms with E-state index in [0.717, 1.165) is 60.4 Å². The Bertz CT molecular complexity index is 1110. The molecule has 33 heavy (non-hydrogen) atoms. The van der Waals surface area contributed by atoms with Crippen molar-refractivity contribution in [1.29, 1.82) is 0 Å². The number of rotatable bonds is 3. The number of carbonyl (C=O) groups is 1. The zero-order valence-electron chi connectivity index (χ0n) is 18.8. The highest BCUT2D eigenvalue weighted by Gasteiger charge is 2.33. The van der Waals surface area contributed by atoms with Gasteiger partial charge in [0.25, 0.3) is 6.43 Å². The zero-order valence-corrected chi connectivity index (χ0v) is 18.8. The number of aromatic nitrogens is 2. The number of halogens is 2. The molecule has 174 valence electrons. The summed E-state index contributed by atoms with van der Waals surface area (Å²) in [5.74, 6) is 3.23. The molecule has 3 aliphatic rings. The molecule has 4 heterocycles. The molecule has 0 atom stereocenters. The number of hydrogen-bond donors (Lipinski definition) is 0. The Balaban J connectivity index is 1.63. The zero-order chi connectivity index (χ0) is 23.1. The van der Waals surface area contributed by atoms with Crippen LogP contribution in [0.1, 0.15) is 66.6 Å². The Morgan fingerprint density at radius 3 is 2.73 bits per heavy atom. The lowest BCUT2D eigenvalue weighted by Crippen LogP contribution is -2.36. The summed E-state index contributed by atoms with van der Waals surface area (Å²) in [5.41, 5.74) is 4.02. The summed E-state index contributed by atoms with van der Waals surface area (Å²) in [6.45, 7) is 4.82. The van der Waals surface area contributed by atoms with E-state index < -0.39 is 6.43 Å². The first-order chi connectivity index (χ1) is 16.0. The van der Waals surface area contributed by atoms with Crippen LogP contribution in [0, 0.1) is 12.3 Å². The van der Waals surface area contributed by atoms with E-state index in [9.17, 15) is 13.6 Å². The molecular formula is C25H28F2N4O2. The number of terminal acetylenes is 1. The average Bonchev–Trinajstić information content (AvgIpc) is 3.22. The van der Waals surface area contributed by atoms with Crippen LogP contribution in [-0.4, -0.2) is 46.9 Å². The summed E-state index contributed by atoms with van der Waals surface area (Å²) >= 11 is 0. The number of alkyl halides is 2. The third-order valence-corrected chi connectivity index (χ3v) is 7.06. The number of anilines is 2. The number of carbonyl (C=O) groups excluding carboxylic acids is 1. The van der Waals surface area contributed by atoms with Crippen LogP contribution in [0.15, 0.2) is 12.1 Å². The predicted octanol–water partition coefficient (Wildman–Crippen LogP) is 4.14. The fourth-order valence-corrected chi connectivity index (χ4v) is 5.32. The number of amides is 1. The molecule has 1 fully saturated rings. The molecule has 5 rings (SSSR count). The molecule has 6 nitrogen and oxygen atoms in total. The van der Waals surface area contributed by atoms with E-state index in [1.807, 2.05) is 4.90 Å². The topological polar surface area (TPSA) is 50.6 Å². The maximum atomic E-state index is 13.8. The van der Waals surface area contributed by atoms with Crippen LogP contribution in [0.5, 0.6) is 0 Å². The molecule has 1 amide bonds. The molecule has 0 N–H and O–H groups in total. The number of hydrogen-bond acceptors (Lipinski definition) is 4. The van der Waals surface area contributed by atoms with Crippen LogP contribution in [0.3, 0.4) is 0 Å². The highest BCUT2D eigenvalue weighted by molar-refractivity contribution is 5.75. The van der Waals surface area contributed by atoms with Crippen molar-refractivity contribution in [2.24, 2.45) is 0 Å². The number of aryl methyl sites for hydroxylation is 1. The van der Waals surface area contributed by atoms with Crippen molar-refractivity contribution in [3.8, 4) is 12.3 Å². The first-order valence-corrected chi connectivity index (χ1v) is 11.6. The van der Waals surface area contributed by atoms with Gasteiger partial charge in [-0.2, -0.15) is 5.10 Å². The van der Waals surface area contributed by atoms with Gasteiger partial charge in [0.05, 0.1) is 12.6 Å². The molecule has 0 unspecified atom stereocenters. The van der Waals surface area contributed by atoms with E-state index in [-0.39, 0.29) is 23.1 Å². The van der Waals surface area contributed by atoms with Gasteiger partial charge in [-0.05, 0) is 43.4 Å². The first kappa shape index (κ1) is 21.9. The fourth-order valence-electron chi connectivity index (χ4n) is 5.32. The van der Waals surface area contributed by atoms with Gasteiger partial charge in [0.2, 0.25) is 5.91 Å². The molecule has 2 aromatic rings. The Labute approximate surface area is 192 Å². The van der Waals surface area contributed by atoms with Crippen molar-refractivity contribution < 1.29 is 18.3 Å². The van der Waals surface area contributed by atoms with Crippen LogP contribution in [0.2, 0.25) is 0 Å². The van der Waals surface area contributed by atoms with E-state index in [2.05, 4.69) is 15.5 Å². The van der Waals surface area contributed by atoms with Gasteiger partial charge in [0.1, 0.15) is 0 Å². The quantitative estimate of drug-likeness (QED) is 0.654. The van der Waals surface area contributed by atoms with Gasteiger partial charge in [-0.15, -0.1) is 6.42 Å². The molecule has 0 radical (unpaired) electrons. The fraction of sp³-hybridized carbons (Fsp3) is 0.520. The number of nitrogens with zero attached hydrogens (tertiary/aromatic N) is 4. The van der Waals surface area contributed by atoms with Crippen molar-refractivity contribution in [3.63, 3.8) is 0 Å². The van der Waals surface area contributed by atoms with E-state index in [1.54, 1.807) is 19.1 Å². The van der Waals surface area contributed by atoms with Gasteiger partial charge in [-0.25, -0.2) is 8.78 Å². The van der Waals surface area contributed by atoms with Crippen LogP contribution in [0.4, 0.5) is 20.3 Å². The highest BCUT2D eigenvalue weighted by atomic mass is 19.3. The van der Waals surface area contributed by atoms with Gasteiger partial charge < -0.3 is 14.5 Å². The average molecular weight is 455 g/mol. The van der Waals surface area contributed by atoms with Gasteiger partial charge >= 0.3 is 0 Å². The predicted molar refractivity (Wildman–Crippen MR) is 121 cm³/mol. The molecule has 0 aliphatic carbocycles. The summed E-state index contributed by atoms with van der Waals surface area (Å²) in [7, 11) is 0. The van der Waals surface area contributed by atoms with E-state index in [1.165, 1.54) is 0 Å². The molecule has 1 saturated heterocycles. The third kappa shape index (κ3) is 3.89. The molecule has 3 aliphatic heterocycles. The normalized spacial score (nSPS) is 18.8. The molecule has 8 heteroatoms. The van der Waals surface area contributed by atoms with E-state index in [0.29, 0.717) is 32.8 Å². The molecule has 1 aromatic heterocycles. The lowest BCUT2D eigenvalue weighted by Gasteiger charge is -2.33. The standard InChI is InChI=1S/C25H28F2N4O2/c1-3-17-13-18-5-4-9-30(23(18)14-20(17)24(26)27)25-21-15-29(16(2)32)10-6-22(21)31(28-25)19-7-11-33-12-8-19/h1,13-14,19,24H,4-12,15H2,2H3. The lowest BCUT2D eigenvalue weighted by atomic mass is 9.95. The van der Waals surface area contributed by atoms with Crippen LogP contribution < -0.4 is 4.90 Å². The van der Waals surface area contributed by atoms with Crippen molar-refractivity contribution in [3.05, 3.63) is 40.1 Å². The van der Waals surface area contributed by atoms with Crippen LogP contribution in [0.25, 0.3) is 0 Å². The molecule has 0 bridgehead atoms. The summed E-state index contributed by atoms with van der Waals surface area (Å²) in [5, 5.41) is 5.07. The van der Waals surface area contributed by atoms with E-state index in [4.69, 9.17) is 16.3 Å². The maximum absolute atomic E-state index is 13.8. The van der Waals surface area contributed by atoms with Crippen LogP contribution in [-0.2, 0) is 28.9 Å². The Morgan fingerprint density at radius 1 is 1.24 bits per heavy atom. The Kier molecular flexibility index (Phi) is 5.83. The SMILES string of the molecule is C#Cc1cc2c(cc1C(F)F)N(c1nn(C3CCOCC3)c3c1CN(C(C)=O)CC3)CCC2. The van der Waals surface area contributed by atoms with Gasteiger partial charge in [0.15, 0.2) is 5.82 Å². The molecule has 1 aromatic carbocycles. The monoisotopic (exact) mass is 454 g/mol. The summed E-state index contributed by atoms with van der Waals surface area (Å²) in [4.78, 5) is 16.1. The third-order valence-electron chi connectivity index (χ3n) is 7.06. The molecule has 0 saturated carbocycles. The van der Waals surface area contributed by atoms with Crippen LogP contribution >= 0.6 is 0 Å². The minimum Gasteiger partial charge on any atom is -0.381 e. The van der Waals surface area contributed by atoms with E-state index >= 15 is 0 Å². The van der Waals surface area contributed by atoms with Gasteiger partial charge in [-0.1, -0.05) is 5.92 Å². The molecular weight excluding hydrogens is 426 g/mol. The summed E-state index contributed by atoms with van der Waals surface area (Å²) in [6.07, 6.45) is 7.06. The largest absolute Gasteiger partial charge is 0.381 e. The first-order valence-electron chi connectivity index (χ1n) is 11.6. The number of fused-ring (bicyclic) bond motifs is 2. The minimum absolute atomic E-state index is 0.0307. The second kappa shape index (κ2) is 8.79.